The van der Waals surface area contributed by atoms with E-state index in [2.05, 4.69) is 4.98 Å². The molecule has 1 aromatic rings. The lowest BCUT2D eigenvalue weighted by molar-refractivity contribution is -0.120. The zero-order valence-corrected chi connectivity index (χ0v) is 7.31. The van der Waals surface area contributed by atoms with E-state index in [0.717, 1.165) is 6.33 Å². The molecule has 1 aliphatic rings. The number of amides is 1. The number of hydrogen-bond acceptors (Lipinski definition) is 3. The molecule has 2 rings (SSSR count). The van der Waals surface area contributed by atoms with Gasteiger partial charge in [-0.15, -0.1) is 0 Å². The standard InChI is InChI=1S/C9H11N3O2/c1-5-7(13)6-8(10-4-11(6)2)12(3)9(5)14/h4-5H,1-3H3/i1D3,3D3. The van der Waals surface area contributed by atoms with Gasteiger partial charge in [0.15, 0.2) is 11.6 Å². The van der Waals surface area contributed by atoms with Gasteiger partial charge in [-0.3, -0.25) is 14.5 Å². The van der Waals surface area contributed by atoms with Crippen molar-refractivity contribution in [2.24, 2.45) is 13.0 Å². The largest absolute Gasteiger partial charge is 0.329 e. The van der Waals surface area contributed by atoms with Crippen LogP contribution in [0.15, 0.2) is 6.33 Å². The molecule has 5 nitrogen and oxygen atoms in total. The molecule has 1 aromatic heterocycles. The van der Waals surface area contributed by atoms with Gasteiger partial charge in [0, 0.05) is 22.2 Å². The number of carbonyl (C=O) groups excluding carboxylic acids is 2. The summed E-state index contributed by atoms with van der Waals surface area (Å²) in [7, 11) is 1.42. The molecular formula is C9H11N3O2. The Morgan fingerprint density at radius 1 is 1.57 bits per heavy atom. The molecule has 0 saturated heterocycles. The van der Waals surface area contributed by atoms with Gasteiger partial charge in [-0.2, -0.15) is 0 Å². The minimum Gasteiger partial charge on any atom is -0.329 e. The van der Waals surface area contributed by atoms with Crippen LogP contribution in [-0.4, -0.2) is 28.2 Å². The number of aryl methyl sites for hydroxylation is 1. The van der Waals surface area contributed by atoms with Crippen molar-refractivity contribution in [3.8, 4) is 0 Å². The van der Waals surface area contributed by atoms with Crippen LogP contribution in [0, 0.1) is 5.92 Å². The molecule has 0 aromatic carbocycles. The molecule has 1 atom stereocenters. The first-order chi connectivity index (χ1) is 8.96. The molecule has 2 heterocycles. The summed E-state index contributed by atoms with van der Waals surface area (Å²) in [6.07, 6.45) is 1.16. The second-order valence-electron chi connectivity index (χ2n) is 3.00. The molecule has 1 amide bonds. The fraction of sp³-hybridized carbons (Fsp3) is 0.444. The number of imidazole rings is 1. The van der Waals surface area contributed by atoms with Crippen molar-refractivity contribution in [1.82, 2.24) is 9.55 Å². The summed E-state index contributed by atoms with van der Waals surface area (Å²) in [4.78, 5) is 28.3. The highest BCUT2D eigenvalue weighted by Gasteiger charge is 2.37. The Labute approximate surface area is 89.8 Å². The minimum absolute atomic E-state index is 0.193. The van der Waals surface area contributed by atoms with E-state index in [9.17, 15) is 9.59 Å². The fourth-order valence-electron chi connectivity index (χ4n) is 1.35. The molecule has 0 N–H and O–H groups in total. The summed E-state index contributed by atoms with van der Waals surface area (Å²) in [5, 5.41) is 0. The Kier molecular flexibility index (Phi) is 0.810. The highest BCUT2D eigenvalue weighted by atomic mass is 16.2. The van der Waals surface area contributed by atoms with E-state index in [4.69, 9.17) is 8.22 Å². The molecule has 0 spiro atoms. The number of fused-ring (bicyclic) bond motifs is 1. The van der Waals surface area contributed by atoms with Gasteiger partial charge in [0.1, 0.15) is 11.6 Å². The number of ketones is 1. The maximum absolute atomic E-state index is 12.2. The van der Waals surface area contributed by atoms with Crippen LogP contribution in [0.1, 0.15) is 25.6 Å². The number of aromatic nitrogens is 2. The third kappa shape index (κ3) is 0.921. The second-order valence-corrected chi connectivity index (χ2v) is 3.00. The molecule has 74 valence electrons. The van der Waals surface area contributed by atoms with Crippen LogP contribution in [0.3, 0.4) is 0 Å². The summed E-state index contributed by atoms with van der Waals surface area (Å²) < 4.78 is 45.2. The first kappa shape index (κ1) is 4.25. The van der Waals surface area contributed by atoms with Gasteiger partial charge in [0.2, 0.25) is 5.91 Å². The van der Waals surface area contributed by atoms with Crippen LogP contribution in [0.5, 0.6) is 0 Å². The van der Waals surface area contributed by atoms with E-state index in [1.54, 1.807) is 0 Å². The topological polar surface area (TPSA) is 55.2 Å². The predicted octanol–water partition coefficient (Wildman–Crippen LogP) is 0.215. The van der Waals surface area contributed by atoms with Crippen LogP contribution in [0.25, 0.3) is 0 Å². The number of hydrogen-bond donors (Lipinski definition) is 0. The lowest BCUT2D eigenvalue weighted by atomic mass is 9.98. The summed E-state index contributed by atoms with van der Waals surface area (Å²) in [5.41, 5.74) is -0.193. The van der Waals surface area contributed by atoms with Crippen molar-refractivity contribution in [2.45, 2.75) is 6.85 Å². The van der Waals surface area contributed by atoms with Gasteiger partial charge in [-0.05, 0) is 6.85 Å². The number of Topliss-reactive ketones (excluding diaryl/α,β-unsaturated/α-hetero) is 1. The zero-order chi connectivity index (χ0) is 15.5. The van der Waals surface area contributed by atoms with Crippen LogP contribution >= 0.6 is 0 Å². The number of anilines is 1. The van der Waals surface area contributed by atoms with E-state index in [-0.39, 0.29) is 11.5 Å². The van der Waals surface area contributed by atoms with Gasteiger partial charge in [0.25, 0.3) is 0 Å². The predicted molar refractivity (Wildman–Crippen MR) is 50.1 cm³/mol. The molecule has 14 heavy (non-hydrogen) atoms. The molecule has 5 heteroatoms. The minimum atomic E-state index is -2.92. The van der Waals surface area contributed by atoms with Crippen molar-refractivity contribution in [2.75, 3.05) is 11.9 Å². The van der Waals surface area contributed by atoms with Gasteiger partial charge < -0.3 is 4.57 Å². The van der Waals surface area contributed by atoms with Crippen LogP contribution in [0.2, 0.25) is 0 Å². The molecule has 0 radical (unpaired) electrons. The van der Waals surface area contributed by atoms with Crippen molar-refractivity contribution < 1.29 is 17.8 Å². The summed E-state index contributed by atoms with van der Waals surface area (Å²) >= 11 is 0. The first-order valence-electron chi connectivity index (χ1n) is 6.86. The average Bonchev–Trinajstić information content (AvgIpc) is 2.56. The first-order valence-corrected chi connectivity index (χ1v) is 3.86. The molecular weight excluding hydrogens is 182 g/mol. The maximum atomic E-state index is 12.2. The SMILES string of the molecule is [2H]C([2H])([2H])C1C(=O)c2c(ncn2C)N(C([2H])([2H])[2H])C1=O. The van der Waals surface area contributed by atoms with Crippen LogP contribution in [-0.2, 0) is 11.8 Å². The Hall–Kier alpha value is -1.65. The molecule has 0 fully saturated rings. The van der Waals surface area contributed by atoms with E-state index >= 15 is 0 Å². The molecule has 1 unspecified atom stereocenters. The number of carbonyl (C=O) groups is 2. The van der Waals surface area contributed by atoms with E-state index in [0.29, 0.717) is 4.90 Å². The van der Waals surface area contributed by atoms with Crippen LogP contribution < -0.4 is 4.90 Å². The van der Waals surface area contributed by atoms with Crippen LogP contribution in [0.4, 0.5) is 5.82 Å². The second kappa shape index (κ2) is 2.67. The quantitative estimate of drug-likeness (QED) is 0.561. The van der Waals surface area contributed by atoms with Gasteiger partial charge in [0.05, 0.1) is 6.33 Å². The van der Waals surface area contributed by atoms with Crippen molar-refractivity contribution >= 4 is 17.5 Å². The third-order valence-electron chi connectivity index (χ3n) is 2.09. The summed E-state index contributed by atoms with van der Waals surface area (Å²) in [6.45, 7) is -5.83. The Morgan fingerprint density at radius 2 is 2.36 bits per heavy atom. The Morgan fingerprint density at radius 3 is 3.00 bits per heavy atom. The van der Waals surface area contributed by atoms with E-state index < -0.39 is 31.4 Å². The highest BCUT2D eigenvalue weighted by Crippen LogP contribution is 2.27. The molecule has 0 saturated carbocycles. The lowest BCUT2D eigenvalue weighted by Gasteiger charge is -2.25. The Bertz CT molecular complexity index is 587. The molecule has 0 bridgehead atoms. The summed E-state index contributed by atoms with van der Waals surface area (Å²) in [5.74, 6) is -4.57. The highest BCUT2D eigenvalue weighted by molar-refractivity contribution is 6.19. The smallest absolute Gasteiger partial charge is 0.238 e. The monoisotopic (exact) mass is 199 g/mol. The molecule has 1 aliphatic heterocycles. The van der Waals surface area contributed by atoms with E-state index in [1.165, 1.54) is 11.6 Å². The third-order valence-corrected chi connectivity index (χ3v) is 2.09. The van der Waals surface area contributed by atoms with Crippen molar-refractivity contribution in [3.05, 3.63) is 12.0 Å². The molecule has 0 aliphatic carbocycles. The van der Waals surface area contributed by atoms with E-state index in [1.807, 2.05) is 0 Å². The zero-order valence-electron chi connectivity index (χ0n) is 13.3. The van der Waals surface area contributed by atoms with Gasteiger partial charge in [-0.1, -0.05) is 0 Å². The number of nitrogens with zero attached hydrogens (tertiary/aromatic N) is 3. The summed E-state index contributed by atoms with van der Waals surface area (Å²) in [6, 6.07) is 0. The number of rotatable bonds is 0. The Balaban J connectivity index is 2.70. The van der Waals surface area contributed by atoms with Gasteiger partial charge >= 0.3 is 0 Å². The van der Waals surface area contributed by atoms with Crippen molar-refractivity contribution in [3.63, 3.8) is 0 Å². The average molecular weight is 199 g/mol. The van der Waals surface area contributed by atoms with Gasteiger partial charge in [-0.25, -0.2) is 4.98 Å². The maximum Gasteiger partial charge on any atom is 0.238 e. The fourth-order valence-corrected chi connectivity index (χ4v) is 1.35. The lowest BCUT2D eigenvalue weighted by Crippen LogP contribution is -2.41. The van der Waals surface area contributed by atoms with Crippen molar-refractivity contribution in [1.29, 1.82) is 0 Å². The normalized spacial score (nSPS) is 29.5.